The van der Waals surface area contributed by atoms with Crippen LogP contribution in [0, 0.1) is 0 Å². The molecule has 0 aliphatic heterocycles. The summed E-state index contributed by atoms with van der Waals surface area (Å²) in [6.07, 6.45) is 0. The molecule has 0 unspecified atom stereocenters. The third-order valence-corrected chi connectivity index (χ3v) is 3.05. The molecule has 0 bridgehead atoms. The van der Waals surface area contributed by atoms with E-state index in [0.29, 0.717) is 27.4 Å². The third-order valence-electron chi connectivity index (χ3n) is 1.70. The normalized spacial score (nSPS) is 10.0. The highest BCUT2D eigenvalue weighted by atomic mass is 79.9. The molecule has 0 aliphatic carbocycles. The van der Waals surface area contributed by atoms with Crippen LogP contribution in [0.15, 0.2) is 16.6 Å². The van der Waals surface area contributed by atoms with E-state index < -0.39 is 0 Å². The molecule has 0 spiro atoms. The van der Waals surface area contributed by atoms with Crippen molar-refractivity contribution in [2.24, 2.45) is 0 Å². The van der Waals surface area contributed by atoms with Crippen molar-refractivity contribution in [3.8, 4) is 5.75 Å². The predicted molar refractivity (Wildman–Crippen MR) is 60.3 cm³/mol. The fourth-order valence-corrected chi connectivity index (χ4v) is 1.58. The summed E-state index contributed by atoms with van der Waals surface area (Å²) in [6, 6.07) is 3.30. The number of carbonyl (C=O) groups is 1. The van der Waals surface area contributed by atoms with Gasteiger partial charge in [-0.3, -0.25) is 4.79 Å². The minimum Gasteiger partial charge on any atom is -0.493 e. The van der Waals surface area contributed by atoms with Crippen molar-refractivity contribution in [2.45, 2.75) is 13.8 Å². The number of carbonyl (C=O) groups excluding carboxylic acids is 1. The Kier molecular flexibility index (Phi) is 3.96. The highest BCUT2D eigenvalue weighted by Crippen LogP contribution is 2.33. The van der Waals surface area contributed by atoms with Gasteiger partial charge in [-0.15, -0.1) is 0 Å². The molecule has 0 saturated carbocycles. The van der Waals surface area contributed by atoms with Gasteiger partial charge in [-0.25, -0.2) is 0 Å². The van der Waals surface area contributed by atoms with Gasteiger partial charge in [0.1, 0.15) is 5.75 Å². The number of ketones is 1. The molecule has 1 rings (SSSR count). The van der Waals surface area contributed by atoms with Crippen LogP contribution in [0.5, 0.6) is 5.75 Å². The van der Waals surface area contributed by atoms with Crippen molar-refractivity contribution < 1.29 is 9.53 Å². The molecule has 0 amide bonds. The van der Waals surface area contributed by atoms with Crippen LogP contribution in [0.3, 0.4) is 0 Å². The van der Waals surface area contributed by atoms with E-state index in [-0.39, 0.29) is 5.78 Å². The highest BCUT2D eigenvalue weighted by Gasteiger charge is 2.10. The van der Waals surface area contributed by atoms with Crippen LogP contribution >= 0.6 is 27.5 Å². The first-order valence-corrected chi connectivity index (χ1v) is 5.36. The third kappa shape index (κ3) is 2.49. The molecule has 14 heavy (non-hydrogen) atoms. The lowest BCUT2D eigenvalue weighted by molar-refractivity contribution is 0.101. The topological polar surface area (TPSA) is 26.3 Å². The number of hydrogen-bond donors (Lipinski definition) is 0. The first-order valence-electron chi connectivity index (χ1n) is 4.19. The summed E-state index contributed by atoms with van der Waals surface area (Å²) in [7, 11) is 0. The summed E-state index contributed by atoms with van der Waals surface area (Å²) < 4.78 is 6.01. The maximum Gasteiger partial charge on any atom is 0.159 e. The quantitative estimate of drug-likeness (QED) is 0.787. The Morgan fingerprint density at radius 2 is 2.21 bits per heavy atom. The summed E-state index contributed by atoms with van der Waals surface area (Å²) in [4.78, 5) is 11.1. The van der Waals surface area contributed by atoms with Gasteiger partial charge in [0.25, 0.3) is 0 Å². The van der Waals surface area contributed by atoms with Gasteiger partial charge in [-0.05, 0) is 41.9 Å². The molecule has 0 heterocycles. The fourth-order valence-electron chi connectivity index (χ4n) is 1.03. The van der Waals surface area contributed by atoms with Crippen molar-refractivity contribution in [3.05, 3.63) is 27.2 Å². The number of benzene rings is 1. The van der Waals surface area contributed by atoms with Crippen LogP contribution < -0.4 is 4.74 Å². The molecule has 2 nitrogen and oxygen atoms in total. The Morgan fingerprint density at radius 1 is 1.57 bits per heavy atom. The molecule has 0 fully saturated rings. The second kappa shape index (κ2) is 4.80. The SMILES string of the molecule is CCOc1cc(C(C)=O)cc(Cl)c1Br. The van der Waals surface area contributed by atoms with Crippen LogP contribution in [-0.2, 0) is 0 Å². The van der Waals surface area contributed by atoms with Crippen LogP contribution in [0.2, 0.25) is 5.02 Å². The van der Waals surface area contributed by atoms with Gasteiger partial charge in [0, 0.05) is 5.56 Å². The summed E-state index contributed by atoms with van der Waals surface area (Å²) >= 11 is 9.22. The molecule has 0 atom stereocenters. The number of Topliss-reactive ketones (excluding diaryl/α,β-unsaturated/α-hetero) is 1. The minimum absolute atomic E-state index is 0.0275. The lowest BCUT2D eigenvalue weighted by atomic mass is 10.1. The van der Waals surface area contributed by atoms with Gasteiger partial charge < -0.3 is 4.74 Å². The molecular weight excluding hydrogens is 267 g/mol. The zero-order valence-corrected chi connectivity index (χ0v) is 10.3. The van der Waals surface area contributed by atoms with Crippen LogP contribution in [0.25, 0.3) is 0 Å². The van der Waals surface area contributed by atoms with E-state index in [1.165, 1.54) is 6.92 Å². The lowest BCUT2D eigenvalue weighted by Crippen LogP contribution is -1.97. The fraction of sp³-hybridized carbons (Fsp3) is 0.300. The second-order valence-electron chi connectivity index (χ2n) is 2.76. The lowest BCUT2D eigenvalue weighted by Gasteiger charge is -2.08. The maximum absolute atomic E-state index is 11.1. The van der Waals surface area contributed by atoms with Gasteiger partial charge in [0.15, 0.2) is 5.78 Å². The zero-order chi connectivity index (χ0) is 10.7. The van der Waals surface area contributed by atoms with Gasteiger partial charge in [-0.1, -0.05) is 11.6 Å². The predicted octanol–water partition coefficient (Wildman–Crippen LogP) is 3.70. The molecule has 1 aromatic rings. The minimum atomic E-state index is -0.0275. The molecule has 0 aliphatic rings. The van der Waals surface area contributed by atoms with E-state index in [2.05, 4.69) is 15.9 Å². The van der Waals surface area contributed by atoms with Crippen molar-refractivity contribution in [3.63, 3.8) is 0 Å². The molecule has 4 heteroatoms. The number of hydrogen-bond acceptors (Lipinski definition) is 2. The summed E-state index contributed by atoms with van der Waals surface area (Å²) in [5.74, 6) is 0.575. The van der Waals surface area contributed by atoms with Gasteiger partial charge in [-0.2, -0.15) is 0 Å². The molecule has 0 N–H and O–H groups in total. The smallest absolute Gasteiger partial charge is 0.159 e. The number of rotatable bonds is 3. The first-order chi connectivity index (χ1) is 6.56. The second-order valence-corrected chi connectivity index (χ2v) is 3.96. The largest absolute Gasteiger partial charge is 0.493 e. The van der Waals surface area contributed by atoms with E-state index in [1.54, 1.807) is 12.1 Å². The van der Waals surface area contributed by atoms with E-state index in [0.717, 1.165) is 0 Å². The Balaban J connectivity index is 3.20. The molecule has 0 radical (unpaired) electrons. The Labute approximate surface area is 96.3 Å². The summed E-state index contributed by atoms with van der Waals surface area (Å²) in [5, 5.41) is 0.487. The first kappa shape index (κ1) is 11.5. The Hall–Kier alpha value is -0.540. The molecule has 76 valence electrons. The standard InChI is InChI=1S/C10H10BrClO2/c1-3-14-9-5-7(6(2)13)4-8(12)10(9)11/h4-5H,3H2,1-2H3. The summed E-state index contributed by atoms with van der Waals surface area (Å²) in [5.41, 5.74) is 0.557. The van der Waals surface area contributed by atoms with Gasteiger partial charge in [0.05, 0.1) is 16.1 Å². The van der Waals surface area contributed by atoms with E-state index >= 15 is 0 Å². The zero-order valence-electron chi connectivity index (χ0n) is 7.93. The van der Waals surface area contributed by atoms with Gasteiger partial charge >= 0.3 is 0 Å². The molecule has 1 aromatic carbocycles. The summed E-state index contributed by atoms with van der Waals surface area (Å²) in [6.45, 7) is 3.91. The van der Waals surface area contributed by atoms with Gasteiger partial charge in [0.2, 0.25) is 0 Å². The maximum atomic E-state index is 11.1. The highest BCUT2D eigenvalue weighted by molar-refractivity contribution is 9.10. The Morgan fingerprint density at radius 3 is 2.71 bits per heavy atom. The van der Waals surface area contributed by atoms with E-state index in [4.69, 9.17) is 16.3 Å². The van der Waals surface area contributed by atoms with E-state index in [1.807, 2.05) is 6.92 Å². The molecule has 0 aromatic heterocycles. The Bertz CT molecular complexity index is 363. The van der Waals surface area contributed by atoms with Crippen molar-refractivity contribution in [2.75, 3.05) is 6.61 Å². The van der Waals surface area contributed by atoms with Crippen molar-refractivity contribution in [1.82, 2.24) is 0 Å². The van der Waals surface area contributed by atoms with Crippen LogP contribution in [0.4, 0.5) is 0 Å². The number of ether oxygens (including phenoxy) is 1. The number of halogens is 2. The van der Waals surface area contributed by atoms with Crippen molar-refractivity contribution >= 4 is 33.3 Å². The molecule has 0 saturated heterocycles. The molecular formula is C10H10BrClO2. The van der Waals surface area contributed by atoms with Crippen LogP contribution in [0.1, 0.15) is 24.2 Å². The average molecular weight is 278 g/mol. The van der Waals surface area contributed by atoms with Crippen molar-refractivity contribution in [1.29, 1.82) is 0 Å². The van der Waals surface area contributed by atoms with Crippen LogP contribution in [-0.4, -0.2) is 12.4 Å². The van der Waals surface area contributed by atoms with E-state index in [9.17, 15) is 4.79 Å². The monoisotopic (exact) mass is 276 g/mol. The average Bonchev–Trinajstić information content (AvgIpc) is 2.12.